The summed E-state index contributed by atoms with van der Waals surface area (Å²) in [5, 5.41) is 0. The molecule has 0 aromatic carbocycles. The number of rotatable bonds is 8. The van der Waals surface area contributed by atoms with Gasteiger partial charge in [-0.2, -0.15) is 0 Å². The van der Waals surface area contributed by atoms with Crippen LogP contribution in [0.4, 0.5) is 0 Å². The molecule has 0 aliphatic carbocycles. The molecule has 0 aromatic rings. The van der Waals surface area contributed by atoms with Crippen LogP contribution in [0.25, 0.3) is 0 Å². The van der Waals surface area contributed by atoms with E-state index >= 15 is 0 Å². The van der Waals surface area contributed by atoms with Gasteiger partial charge in [-0.25, -0.2) is 0 Å². The van der Waals surface area contributed by atoms with Crippen LogP contribution in [0.15, 0.2) is 0 Å². The monoisotopic (exact) mass is 200 g/mol. The van der Waals surface area contributed by atoms with E-state index in [0.717, 1.165) is 6.42 Å². The van der Waals surface area contributed by atoms with Crippen LogP contribution in [-0.4, -0.2) is 12.6 Å². The molecule has 0 N–H and O–H groups in total. The number of ether oxygens (including phenoxy) is 1. The molecule has 0 fully saturated rings. The normalized spacial score (nSPS) is 12.5. The van der Waals surface area contributed by atoms with Gasteiger partial charge in [0, 0.05) is 6.42 Å². The quantitative estimate of drug-likeness (QED) is 0.560. The summed E-state index contributed by atoms with van der Waals surface area (Å²) >= 11 is 0. The Labute approximate surface area is 88.0 Å². The molecule has 0 saturated heterocycles. The van der Waals surface area contributed by atoms with Crippen LogP contribution < -0.4 is 0 Å². The van der Waals surface area contributed by atoms with Crippen LogP contribution in [0.2, 0.25) is 0 Å². The predicted molar refractivity (Wildman–Crippen MR) is 59.2 cm³/mol. The number of esters is 1. The first-order chi connectivity index (χ1) is 6.74. The molecule has 1 unspecified atom stereocenters. The molecule has 2 nitrogen and oxygen atoms in total. The third-order valence-corrected chi connectivity index (χ3v) is 2.61. The number of carbonyl (C=O) groups is 1. The molecule has 84 valence electrons. The number of unbranched alkanes of at least 4 members (excludes halogenated alkanes) is 1. The van der Waals surface area contributed by atoms with E-state index in [1.165, 1.54) is 25.7 Å². The Morgan fingerprint density at radius 3 is 2.43 bits per heavy atom. The van der Waals surface area contributed by atoms with Crippen molar-refractivity contribution in [3.05, 3.63) is 0 Å². The first-order valence-corrected chi connectivity index (χ1v) is 5.90. The second kappa shape index (κ2) is 9.04. The lowest BCUT2D eigenvalue weighted by molar-refractivity contribution is -0.143. The summed E-state index contributed by atoms with van der Waals surface area (Å²) in [7, 11) is 0. The Morgan fingerprint density at radius 1 is 1.21 bits per heavy atom. The molecule has 2 heteroatoms. The summed E-state index contributed by atoms with van der Waals surface area (Å²) in [5.41, 5.74) is 0. The summed E-state index contributed by atoms with van der Waals surface area (Å²) in [4.78, 5) is 11.1. The first-order valence-electron chi connectivity index (χ1n) is 5.90. The Kier molecular flexibility index (Phi) is 8.70. The Bertz CT molecular complexity index is 143. The molecule has 0 amide bonds. The Morgan fingerprint density at radius 2 is 1.93 bits per heavy atom. The van der Waals surface area contributed by atoms with Gasteiger partial charge in [-0.1, -0.05) is 39.5 Å². The third-order valence-electron chi connectivity index (χ3n) is 2.61. The van der Waals surface area contributed by atoms with Crippen molar-refractivity contribution in [1.29, 1.82) is 0 Å². The molecular weight excluding hydrogens is 176 g/mol. The van der Waals surface area contributed by atoms with E-state index in [1.54, 1.807) is 0 Å². The number of carbonyl (C=O) groups excluding carboxylic acids is 1. The summed E-state index contributed by atoms with van der Waals surface area (Å²) in [6.45, 7) is 6.76. The minimum absolute atomic E-state index is 0.0394. The van der Waals surface area contributed by atoms with E-state index in [1.807, 2.05) is 6.92 Å². The van der Waals surface area contributed by atoms with Crippen LogP contribution >= 0.6 is 0 Å². The Balaban J connectivity index is 3.55. The van der Waals surface area contributed by atoms with Gasteiger partial charge in [-0.3, -0.25) is 4.79 Å². The van der Waals surface area contributed by atoms with Gasteiger partial charge in [-0.15, -0.1) is 0 Å². The van der Waals surface area contributed by atoms with E-state index < -0.39 is 0 Å². The fourth-order valence-corrected chi connectivity index (χ4v) is 1.60. The molecule has 0 bridgehead atoms. The molecule has 1 atom stereocenters. The molecule has 0 saturated carbocycles. The first kappa shape index (κ1) is 13.5. The van der Waals surface area contributed by atoms with Crippen LogP contribution in [-0.2, 0) is 9.53 Å². The van der Waals surface area contributed by atoms with Crippen molar-refractivity contribution < 1.29 is 9.53 Å². The lowest BCUT2D eigenvalue weighted by Gasteiger charge is -2.13. The molecule has 0 heterocycles. The van der Waals surface area contributed by atoms with Crippen LogP contribution in [0, 0.1) is 5.92 Å². The SMILES string of the molecule is CCCCC(CC)CCC(=O)OCC. The van der Waals surface area contributed by atoms with Crippen molar-refractivity contribution >= 4 is 5.97 Å². The molecule has 0 aliphatic rings. The van der Waals surface area contributed by atoms with E-state index in [2.05, 4.69) is 13.8 Å². The van der Waals surface area contributed by atoms with Gasteiger partial charge >= 0.3 is 5.97 Å². The maximum absolute atomic E-state index is 11.1. The van der Waals surface area contributed by atoms with E-state index in [-0.39, 0.29) is 5.97 Å². The third kappa shape index (κ3) is 6.93. The lowest BCUT2D eigenvalue weighted by Crippen LogP contribution is -2.07. The minimum atomic E-state index is -0.0394. The summed E-state index contributed by atoms with van der Waals surface area (Å²) < 4.78 is 4.90. The van der Waals surface area contributed by atoms with Crippen molar-refractivity contribution in [2.75, 3.05) is 6.61 Å². The van der Waals surface area contributed by atoms with Gasteiger partial charge in [-0.05, 0) is 19.3 Å². The smallest absolute Gasteiger partial charge is 0.305 e. The molecule has 0 spiro atoms. The van der Waals surface area contributed by atoms with E-state index in [9.17, 15) is 4.79 Å². The second-order valence-corrected chi connectivity index (χ2v) is 3.76. The predicted octanol–water partition coefficient (Wildman–Crippen LogP) is 3.55. The topological polar surface area (TPSA) is 26.3 Å². The minimum Gasteiger partial charge on any atom is -0.466 e. The van der Waals surface area contributed by atoms with Crippen LogP contribution in [0.3, 0.4) is 0 Å². The largest absolute Gasteiger partial charge is 0.466 e. The van der Waals surface area contributed by atoms with Gasteiger partial charge in [0.2, 0.25) is 0 Å². The molecule has 0 rings (SSSR count). The van der Waals surface area contributed by atoms with Crippen molar-refractivity contribution in [1.82, 2.24) is 0 Å². The Hall–Kier alpha value is -0.530. The van der Waals surface area contributed by atoms with Gasteiger partial charge in [0.05, 0.1) is 6.61 Å². The number of hydrogen-bond acceptors (Lipinski definition) is 2. The number of hydrogen-bond donors (Lipinski definition) is 0. The van der Waals surface area contributed by atoms with Gasteiger partial charge in [0.25, 0.3) is 0 Å². The molecule has 0 radical (unpaired) electrons. The average molecular weight is 200 g/mol. The fraction of sp³-hybridized carbons (Fsp3) is 0.917. The van der Waals surface area contributed by atoms with E-state index in [0.29, 0.717) is 18.9 Å². The van der Waals surface area contributed by atoms with Crippen molar-refractivity contribution in [3.8, 4) is 0 Å². The maximum atomic E-state index is 11.1. The average Bonchev–Trinajstić information content (AvgIpc) is 2.19. The lowest BCUT2D eigenvalue weighted by atomic mass is 9.94. The van der Waals surface area contributed by atoms with Crippen molar-refractivity contribution in [2.45, 2.75) is 59.3 Å². The summed E-state index contributed by atoms with van der Waals surface area (Å²) in [5.74, 6) is 0.668. The zero-order valence-electron chi connectivity index (χ0n) is 9.84. The van der Waals surface area contributed by atoms with Crippen LogP contribution in [0.5, 0.6) is 0 Å². The molecule has 14 heavy (non-hydrogen) atoms. The highest BCUT2D eigenvalue weighted by atomic mass is 16.5. The molecule has 0 aliphatic heterocycles. The maximum Gasteiger partial charge on any atom is 0.305 e. The highest BCUT2D eigenvalue weighted by Crippen LogP contribution is 2.18. The molecular formula is C12H24O2. The summed E-state index contributed by atoms with van der Waals surface area (Å²) in [6, 6.07) is 0. The van der Waals surface area contributed by atoms with Crippen molar-refractivity contribution in [2.24, 2.45) is 5.92 Å². The van der Waals surface area contributed by atoms with Crippen LogP contribution in [0.1, 0.15) is 59.3 Å². The fourth-order valence-electron chi connectivity index (χ4n) is 1.60. The second-order valence-electron chi connectivity index (χ2n) is 3.76. The summed E-state index contributed by atoms with van der Waals surface area (Å²) in [6.07, 6.45) is 6.55. The standard InChI is InChI=1S/C12H24O2/c1-4-7-8-11(5-2)9-10-12(13)14-6-3/h11H,4-10H2,1-3H3. The zero-order chi connectivity index (χ0) is 10.8. The van der Waals surface area contributed by atoms with Gasteiger partial charge in [0.15, 0.2) is 0 Å². The molecule has 0 aromatic heterocycles. The van der Waals surface area contributed by atoms with Gasteiger partial charge in [0.1, 0.15) is 0 Å². The highest BCUT2D eigenvalue weighted by Gasteiger charge is 2.09. The highest BCUT2D eigenvalue weighted by molar-refractivity contribution is 5.69. The van der Waals surface area contributed by atoms with Crippen molar-refractivity contribution in [3.63, 3.8) is 0 Å². The van der Waals surface area contributed by atoms with Gasteiger partial charge < -0.3 is 4.74 Å². The zero-order valence-corrected chi connectivity index (χ0v) is 9.84. The van der Waals surface area contributed by atoms with E-state index in [4.69, 9.17) is 4.74 Å².